The van der Waals surface area contributed by atoms with Gasteiger partial charge in [0.05, 0.1) is 5.39 Å². The molecule has 5 heteroatoms. The lowest BCUT2D eigenvalue weighted by Crippen LogP contribution is -1.87. The minimum Gasteiger partial charge on any atom is -0.355 e. The van der Waals surface area contributed by atoms with Crippen LogP contribution in [0.3, 0.4) is 0 Å². The predicted octanol–water partition coefficient (Wildman–Crippen LogP) is 4.23. The first-order valence-corrected chi connectivity index (χ1v) is 5.59. The molecule has 0 aliphatic heterocycles. The Kier molecular flexibility index (Phi) is 2.48. The van der Waals surface area contributed by atoms with Crippen molar-refractivity contribution in [3.05, 3.63) is 47.5 Å². The van der Waals surface area contributed by atoms with E-state index >= 15 is 0 Å². The highest BCUT2D eigenvalue weighted by Gasteiger charge is 2.17. The highest BCUT2D eigenvalue weighted by atomic mass is 19.1. The molecule has 1 radical (unpaired) electrons. The molecule has 0 saturated carbocycles. The average molecular weight is 260 g/mol. The molecule has 3 rings (SSSR count). The monoisotopic (exact) mass is 260 g/mol. The van der Waals surface area contributed by atoms with Gasteiger partial charge >= 0.3 is 0 Å². The van der Waals surface area contributed by atoms with Gasteiger partial charge < -0.3 is 4.52 Å². The van der Waals surface area contributed by atoms with Gasteiger partial charge in [0, 0.05) is 11.1 Å². The average Bonchev–Trinajstić information content (AvgIpc) is 2.81. The molecule has 0 aliphatic carbocycles. The Labute approximate surface area is 107 Å². The SMILES string of the molecule is Cc1c([O])ccc2c(-c3cc(F)ccc3F)noc12. The second kappa shape index (κ2) is 4.05. The molecule has 0 spiro atoms. The molecule has 0 unspecified atom stereocenters. The van der Waals surface area contributed by atoms with Crippen LogP contribution in [0.5, 0.6) is 5.75 Å². The van der Waals surface area contributed by atoms with Crippen LogP contribution in [-0.2, 0) is 5.11 Å². The van der Waals surface area contributed by atoms with Gasteiger partial charge in [-0.1, -0.05) is 5.16 Å². The fourth-order valence-electron chi connectivity index (χ4n) is 1.99. The molecule has 0 N–H and O–H groups in total. The molecular weight excluding hydrogens is 252 g/mol. The van der Waals surface area contributed by atoms with E-state index in [4.69, 9.17) is 4.52 Å². The fourth-order valence-corrected chi connectivity index (χ4v) is 1.99. The second-order valence-electron chi connectivity index (χ2n) is 4.22. The molecule has 1 heterocycles. The summed E-state index contributed by atoms with van der Waals surface area (Å²) in [5.74, 6) is -1.35. The number of aromatic nitrogens is 1. The van der Waals surface area contributed by atoms with Crippen LogP contribution in [0.4, 0.5) is 8.78 Å². The standard InChI is InChI=1S/C14H8F2NO2/c1-7-12(18)5-3-9-13(17-19-14(7)9)10-6-8(15)2-4-11(10)16/h2-6H,1H3. The van der Waals surface area contributed by atoms with Gasteiger partial charge in [0.2, 0.25) is 0 Å². The zero-order chi connectivity index (χ0) is 13.6. The van der Waals surface area contributed by atoms with Crippen LogP contribution in [0.2, 0.25) is 0 Å². The van der Waals surface area contributed by atoms with Crippen molar-refractivity contribution in [2.24, 2.45) is 0 Å². The molecular formula is C14H8F2NO2. The summed E-state index contributed by atoms with van der Waals surface area (Å²) in [5, 5.41) is 15.7. The lowest BCUT2D eigenvalue weighted by Gasteiger charge is -2.00. The Morgan fingerprint density at radius 2 is 1.95 bits per heavy atom. The third kappa shape index (κ3) is 1.74. The molecule has 0 bridgehead atoms. The second-order valence-corrected chi connectivity index (χ2v) is 4.22. The Bertz CT molecular complexity index is 780. The number of nitrogens with zero attached hydrogens (tertiary/aromatic N) is 1. The summed E-state index contributed by atoms with van der Waals surface area (Å²) in [5.41, 5.74) is 0.895. The molecule has 95 valence electrons. The zero-order valence-corrected chi connectivity index (χ0v) is 9.91. The summed E-state index contributed by atoms with van der Waals surface area (Å²) < 4.78 is 32.0. The van der Waals surface area contributed by atoms with E-state index in [1.807, 2.05) is 0 Å². The fraction of sp³-hybridized carbons (Fsp3) is 0.0714. The van der Waals surface area contributed by atoms with Crippen molar-refractivity contribution in [3.8, 4) is 17.0 Å². The van der Waals surface area contributed by atoms with Gasteiger partial charge in [-0.25, -0.2) is 8.78 Å². The molecule has 0 saturated heterocycles. The third-order valence-electron chi connectivity index (χ3n) is 3.02. The summed E-state index contributed by atoms with van der Waals surface area (Å²) in [6, 6.07) is 5.96. The predicted molar refractivity (Wildman–Crippen MR) is 64.2 cm³/mol. The lowest BCUT2D eigenvalue weighted by molar-refractivity contribution is 0.350. The minimum atomic E-state index is -0.597. The van der Waals surface area contributed by atoms with Crippen molar-refractivity contribution >= 4 is 11.0 Å². The topological polar surface area (TPSA) is 45.9 Å². The summed E-state index contributed by atoms with van der Waals surface area (Å²) in [4.78, 5) is 0. The summed E-state index contributed by atoms with van der Waals surface area (Å²) in [6.07, 6.45) is 0. The molecule has 0 aliphatic rings. The van der Waals surface area contributed by atoms with E-state index in [1.165, 1.54) is 12.1 Å². The maximum atomic E-state index is 13.7. The zero-order valence-electron chi connectivity index (χ0n) is 9.91. The number of hydrogen-bond acceptors (Lipinski definition) is 2. The van der Waals surface area contributed by atoms with Gasteiger partial charge in [-0.05, 0) is 37.3 Å². The van der Waals surface area contributed by atoms with Crippen LogP contribution in [0.15, 0.2) is 34.9 Å². The minimum absolute atomic E-state index is 0.0109. The van der Waals surface area contributed by atoms with E-state index in [-0.39, 0.29) is 17.0 Å². The normalized spacial score (nSPS) is 11.1. The molecule has 19 heavy (non-hydrogen) atoms. The number of hydrogen-bond donors (Lipinski definition) is 0. The van der Waals surface area contributed by atoms with E-state index in [2.05, 4.69) is 5.16 Å². The Morgan fingerprint density at radius 3 is 2.74 bits per heavy atom. The Hall–Kier alpha value is -2.43. The number of rotatable bonds is 1. The maximum Gasteiger partial charge on any atom is 0.185 e. The van der Waals surface area contributed by atoms with Crippen molar-refractivity contribution in [3.63, 3.8) is 0 Å². The van der Waals surface area contributed by atoms with Crippen molar-refractivity contribution in [2.45, 2.75) is 6.92 Å². The van der Waals surface area contributed by atoms with Crippen molar-refractivity contribution < 1.29 is 18.4 Å². The molecule has 0 atom stereocenters. The van der Waals surface area contributed by atoms with E-state index in [0.717, 1.165) is 18.2 Å². The van der Waals surface area contributed by atoms with Crippen LogP contribution in [0.25, 0.3) is 22.2 Å². The lowest BCUT2D eigenvalue weighted by atomic mass is 10.0. The molecule has 2 aromatic carbocycles. The first-order chi connectivity index (χ1) is 9.08. The van der Waals surface area contributed by atoms with E-state index < -0.39 is 11.6 Å². The van der Waals surface area contributed by atoms with Crippen molar-refractivity contribution in [1.82, 2.24) is 5.16 Å². The van der Waals surface area contributed by atoms with Gasteiger partial charge in [0.1, 0.15) is 17.3 Å². The van der Waals surface area contributed by atoms with Gasteiger partial charge in [-0.15, -0.1) is 0 Å². The van der Waals surface area contributed by atoms with Gasteiger partial charge in [0.15, 0.2) is 11.3 Å². The molecule has 3 aromatic rings. The summed E-state index contributed by atoms with van der Waals surface area (Å²) in [6.45, 7) is 1.60. The largest absolute Gasteiger partial charge is 0.355 e. The first kappa shape index (κ1) is 11.6. The van der Waals surface area contributed by atoms with E-state index in [0.29, 0.717) is 16.5 Å². The molecule has 3 nitrogen and oxygen atoms in total. The van der Waals surface area contributed by atoms with Crippen LogP contribution in [0.1, 0.15) is 5.56 Å². The number of benzene rings is 2. The van der Waals surface area contributed by atoms with Gasteiger partial charge in [-0.3, -0.25) is 5.11 Å². The third-order valence-corrected chi connectivity index (χ3v) is 3.02. The maximum absolute atomic E-state index is 13.7. The summed E-state index contributed by atoms with van der Waals surface area (Å²) in [7, 11) is 0. The first-order valence-electron chi connectivity index (χ1n) is 5.59. The number of halogens is 2. The van der Waals surface area contributed by atoms with Gasteiger partial charge in [0.25, 0.3) is 0 Å². The Morgan fingerprint density at radius 1 is 1.16 bits per heavy atom. The smallest absolute Gasteiger partial charge is 0.185 e. The van der Waals surface area contributed by atoms with Crippen LogP contribution >= 0.6 is 0 Å². The van der Waals surface area contributed by atoms with Crippen LogP contribution < -0.4 is 0 Å². The number of fused-ring (bicyclic) bond motifs is 1. The van der Waals surface area contributed by atoms with Gasteiger partial charge in [-0.2, -0.15) is 0 Å². The van der Waals surface area contributed by atoms with E-state index in [9.17, 15) is 13.9 Å². The van der Waals surface area contributed by atoms with Crippen LogP contribution in [-0.4, -0.2) is 5.16 Å². The molecule has 0 fully saturated rings. The van der Waals surface area contributed by atoms with Crippen LogP contribution in [0, 0.1) is 18.6 Å². The summed E-state index contributed by atoms with van der Waals surface area (Å²) >= 11 is 0. The van der Waals surface area contributed by atoms with E-state index in [1.54, 1.807) is 6.92 Å². The Balaban J connectivity index is 2.32. The highest BCUT2D eigenvalue weighted by molar-refractivity contribution is 5.94. The highest BCUT2D eigenvalue weighted by Crippen LogP contribution is 2.34. The van der Waals surface area contributed by atoms with Crippen molar-refractivity contribution in [2.75, 3.05) is 0 Å². The molecule has 0 amide bonds. The molecule has 1 aromatic heterocycles. The number of aryl methyl sites for hydroxylation is 1. The van der Waals surface area contributed by atoms with Crippen molar-refractivity contribution in [1.29, 1.82) is 0 Å². The quantitative estimate of drug-likeness (QED) is 0.657.